The fraction of sp³-hybridized carbons (Fsp3) is 0.381. The zero-order valence-electron chi connectivity index (χ0n) is 17.5. The Morgan fingerprint density at radius 3 is 2.73 bits per heavy atom. The van der Waals surface area contributed by atoms with E-state index in [4.69, 9.17) is 14.2 Å². The molecule has 1 saturated heterocycles. The molecule has 9 heteroatoms. The molecule has 0 aliphatic carbocycles. The van der Waals surface area contributed by atoms with Crippen LogP contribution in [0.3, 0.4) is 0 Å². The minimum atomic E-state index is -0.193. The summed E-state index contributed by atoms with van der Waals surface area (Å²) in [4.78, 5) is 30.3. The van der Waals surface area contributed by atoms with Crippen LogP contribution in [-0.4, -0.2) is 58.7 Å². The molecule has 1 aliphatic rings. The largest absolute Gasteiger partial charge is 0.481 e. The van der Waals surface area contributed by atoms with Crippen LogP contribution in [0.2, 0.25) is 0 Å². The van der Waals surface area contributed by atoms with Gasteiger partial charge in [-0.2, -0.15) is 0 Å². The van der Waals surface area contributed by atoms with Gasteiger partial charge in [0.2, 0.25) is 11.8 Å². The molecule has 1 amide bonds. The van der Waals surface area contributed by atoms with Crippen LogP contribution in [0.15, 0.2) is 35.1 Å². The molecule has 1 atom stereocenters. The third kappa shape index (κ3) is 3.70. The summed E-state index contributed by atoms with van der Waals surface area (Å²) >= 11 is 0. The van der Waals surface area contributed by atoms with Gasteiger partial charge in [0.05, 0.1) is 35.7 Å². The number of carbonyl (C=O) groups excluding carboxylic acids is 1. The highest BCUT2D eigenvalue weighted by Gasteiger charge is 2.34. The molecular weight excluding hydrogens is 384 g/mol. The molecule has 0 bridgehead atoms. The number of methoxy groups -OCH3 is 1. The Bertz CT molecular complexity index is 1050. The Morgan fingerprint density at radius 1 is 1.27 bits per heavy atom. The molecular formula is C21H24N6O3. The van der Waals surface area contributed by atoms with Gasteiger partial charge in [-0.15, -0.1) is 0 Å². The molecule has 0 aromatic carbocycles. The topological polar surface area (TPSA) is 97.5 Å². The molecule has 0 spiro atoms. The molecule has 0 saturated carbocycles. The highest BCUT2D eigenvalue weighted by atomic mass is 16.5. The first-order valence-electron chi connectivity index (χ1n) is 9.77. The second-order valence-electron chi connectivity index (χ2n) is 7.44. The normalized spacial score (nSPS) is 16.0. The van der Waals surface area contributed by atoms with Crippen LogP contribution in [0.4, 0.5) is 5.95 Å². The van der Waals surface area contributed by atoms with Crippen LogP contribution in [0, 0.1) is 6.92 Å². The zero-order chi connectivity index (χ0) is 21.3. The molecule has 0 N–H and O–H groups in total. The van der Waals surface area contributed by atoms with Crippen LogP contribution in [-0.2, 0) is 0 Å². The lowest BCUT2D eigenvalue weighted by Crippen LogP contribution is -2.31. The van der Waals surface area contributed by atoms with Crippen molar-refractivity contribution in [3.05, 3.63) is 47.5 Å². The van der Waals surface area contributed by atoms with Gasteiger partial charge in [0.1, 0.15) is 0 Å². The molecule has 156 valence electrons. The summed E-state index contributed by atoms with van der Waals surface area (Å²) in [5.41, 5.74) is 2.80. The van der Waals surface area contributed by atoms with Crippen molar-refractivity contribution >= 4 is 11.9 Å². The lowest BCUT2D eigenvalue weighted by molar-refractivity contribution is 0.0732. The number of pyridine rings is 1. The SMILES string of the molecule is COc1ccc(C(=O)N2CCC[C@@H]2c2nc(N(C)C)ncc2-c2cc(C)no2)cn1. The number of rotatable bonds is 5. The molecule has 1 fully saturated rings. The highest BCUT2D eigenvalue weighted by molar-refractivity contribution is 5.94. The molecule has 3 aromatic heterocycles. The molecule has 4 heterocycles. The number of anilines is 1. The van der Waals surface area contributed by atoms with E-state index in [9.17, 15) is 4.79 Å². The lowest BCUT2D eigenvalue weighted by Gasteiger charge is -2.26. The van der Waals surface area contributed by atoms with Crippen molar-refractivity contribution in [3.63, 3.8) is 0 Å². The number of aryl methyl sites for hydroxylation is 1. The van der Waals surface area contributed by atoms with E-state index in [1.54, 1.807) is 31.6 Å². The van der Waals surface area contributed by atoms with E-state index in [2.05, 4.69) is 15.1 Å². The van der Waals surface area contributed by atoms with E-state index in [0.717, 1.165) is 29.8 Å². The van der Waals surface area contributed by atoms with E-state index in [-0.39, 0.29) is 11.9 Å². The number of aromatic nitrogens is 4. The summed E-state index contributed by atoms with van der Waals surface area (Å²) in [6, 6.07) is 5.08. The van der Waals surface area contributed by atoms with Crippen LogP contribution >= 0.6 is 0 Å². The number of amides is 1. The molecule has 9 nitrogen and oxygen atoms in total. The number of nitrogens with zero attached hydrogens (tertiary/aromatic N) is 6. The van der Waals surface area contributed by atoms with Gasteiger partial charge in [0.15, 0.2) is 5.76 Å². The first-order chi connectivity index (χ1) is 14.5. The number of hydrogen-bond donors (Lipinski definition) is 0. The Hall–Kier alpha value is -3.49. The predicted octanol–water partition coefficient (Wildman–Crippen LogP) is 2.89. The molecule has 1 aliphatic heterocycles. The van der Waals surface area contributed by atoms with Gasteiger partial charge in [-0.1, -0.05) is 5.16 Å². The van der Waals surface area contributed by atoms with Crippen LogP contribution < -0.4 is 9.64 Å². The number of ether oxygens (including phenoxy) is 1. The van der Waals surface area contributed by atoms with E-state index in [0.29, 0.717) is 29.7 Å². The smallest absolute Gasteiger partial charge is 0.255 e. The third-order valence-corrected chi connectivity index (χ3v) is 5.12. The average molecular weight is 408 g/mol. The third-order valence-electron chi connectivity index (χ3n) is 5.12. The van der Waals surface area contributed by atoms with Gasteiger partial charge in [0, 0.05) is 45.2 Å². The molecule has 0 unspecified atom stereocenters. The number of hydrogen-bond acceptors (Lipinski definition) is 8. The Kier molecular flexibility index (Phi) is 5.35. The van der Waals surface area contributed by atoms with Gasteiger partial charge >= 0.3 is 0 Å². The van der Waals surface area contributed by atoms with Crippen molar-refractivity contribution in [1.29, 1.82) is 0 Å². The maximum Gasteiger partial charge on any atom is 0.255 e. The number of carbonyl (C=O) groups is 1. The van der Waals surface area contributed by atoms with Crippen molar-refractivity contribution in [2.75, 3.05) is 32.6 Å². The second kappa shape index (κ2) is 8.10. The van der Waals surface area contributed by atoms with E-state index in [1.807, 2.05) is 36.9 Å². The van der Waals surface area contributed by atoms with Crippen LogP contribution in [0.1, 0.15) is 40.6 Å². The van der Waals surface area contributed by atoms with Crippen molar-refractivity contribution in [1.82, 2.24) is 25.0 Å². The maximum absolute atomic E-state index is 13.3. The van der Waals surface area contributed by atoms with Gasteiger partial charge in [-0.25, -0.2) is 15.0 Å². The summed E-state index contributed by atoms with van der Waals surface area (Å²) in [5, 5.41) is 3.99. The van der Waals surface area contributed by atoms with Crippen LogP contribution in [0.25, 0.3) is 11.3 Å². The van der Waals surface area contributed by atoms with Gasteiger partial charge in [0.25, 0.3) is 5.91 Å². The quantitative estimate of drug-likeness (QED) is 0.636. The Labute approximate surface area is 174 Å². The summed E-state index contributed by atoms with van der Waals surface area (Å²) < 4.78 is 10.6. The van der Waals surface area contributed by atoms with Gasteiger partial charge < -0.3 is 19.1 Å². The van der Waals surface area contributed by atoms with E-state index >= 15 is 0 Å². The predicted molar refractivity (Wildman–Crippen MR) is 110 cm³/mol. The molecule has 4 rings (SSSR count). The van der Waals surface area contributed by atoms with Crippen molar-refractivity contribution in [3.8, 4) is 17.2 Å². The van der Waals surface area contributed by atoms with Crippen molar-refractivity contribution < 1.29 is 14.1 Å². The number of likely N-dealkylation sites (tertiary alicyclic amines) is 1. The highest BCUT2D eigenvalue weighted by Crippen LogP contribution is 2.38. The fourth-order valence-corrected chi connectivity index (χ4v) is 3.62. The summed E-state index contributed by atoms with van der Waals surface area (Å²) in [6.07, 6.45) is 4.98. The van der Waals surface area contributed by atoms with Gasteiger partial charge in [-0.05, 0) is 25.8 Å². The minimum Gasteiger partial charge on any atom is -0.481 e. The fourth-order valence-electron chi connectivity index (χ4n) is 3.62. The lowest BCUT2D eigenvalue weighted by atomic mass is 10.0. The standard InChI is InChI=1S/C21H24N6O3/c1-13-10-17(30-25-13)15-12-23-21(26(2)3)24-19(15)16-6-5-9-27(16)20(28)14-7-8-18(29-4)22-11-14/h7-8,10-12,16H,5-6,9H2,1-4H3/t16-/m1/s1. The summed E-state index contributed by atoms with van der Waals surface area (Å²) in [6.45, 7) is 2.51. The molecule has 0 radical (unpaired) electrons. The maximum atomic E-state index is 13.3. The Morgan fingerprint density at radius 2 is 2.10 bits per heavy atom. The second-order valence-corrected chi connectivity index (χ2v) is 7.44. The zero-order valence-corrected chi connectivity index (χ0v) is 17.5. The van der Waals surface area contributed by atoms with Gasteiger partial charge in [-0.3, -0.25) is 4.79 Å². The minimum absolute atomic E-state index is 0.0858. The van der Waals surface area contributed by atoms with Crippen LogP contribution in [0.5, 0.6) is 5.88 Å². The molecule has 3 aromatic rings. The summed E-state index contributed by atoms with van der Waals surface area (Å²) in [5.74, 6) is 1.56. The van der Waals surface area contributed by atoms with Crippen molar-refractivity contribution in [2.45, 2.75) is 25.8 Å². The van der Waals surface area contributed by atoms with Crippen molar-refractivity contribution in [2.24, 2.45) is 0 Å². The van der Waals surface area contributed by atoms with E-state index < -0.39 is 0 Å². The Balaban J connectivity index is 1.73. The first kappa shape index (κ1) is 19.8. The first-order valence-corrected chi connectivity index (χ1v) is 9.77. The monoisotopic (exact) mass is 408 g/mol. The average Bonchev–Trinajstić information content (AvgIpc) is 3.42. The summed E-state index contributed by atoms with van der Waals surface area (Å²) in [7, 11) is 5.32. The van der Waals surface area contributed by atoms with E-state index in [1.165, 1.54) is 0 Å². The molecule has 30 heavy (non-hydrogen) atoms.